The molecule has 0 aromatic rings. The second kappa shape index (κ2) is 8.56. The number of hydrogen-bond donors (Lipinski definition) is 6. The highest BCUT2D eigenvalue weighted by atomic mass is 16.6. The van der Waals surface area contributed by atoms with Gasteiger partial charge in [0.25, 0.3) is 0 Å². The number of esters is 1. The summed E-state index contributed by atoms with van der Waals surface area (Å²) in [6.45, 7) is 8.10. The Morgan fingerprint density at radius 2 is 1.64 bits per heavy atom. The molecule has 1 heterocycles. The van der Waals surface area contributed by atoms with E-state index in [0.29, 0.717) is 5.57 Å². The standard InChI is InChI=1S/C29H44O10/c1-14-11-21(39-23(33)15(14)2)26(5,34)27(35)13-22(38-6)28(36)17-12-20(32)29(37)19(31)8-7-18(30)25(29,4)16(17)9-10-24(27,28)3/h16-17,19-22,31-32,34-37H,7-13H2,1-6H3. The van der Waals surface area contributed by atoms with E-state index in [1.807, 2.05) is 0 Å². The number of aliphatic hydroxyl groups is 6. The van der Waals surface area contributed by atoms with E-state index in [9.17, 15) is 40.2 Å². The molecular weight excluding hydrogens is 508 g/mol. The van der Waals surface area contributed by atoms with Crippen LogP contribution < -0.4 is 0 Å². The van der Waals surface area contributed by atoms with Crippen molar-refractivity contribution in [3.8, 4) is 0 Å². The van der Waals surface area contributed by atoms with Gasteiger partial charge in [0.2, 0.25) is 0 Å². The van der Waals surface area contributed by atoms with Crippen LogP contribution in [0.25, 0.3) is 0 Å². The summed E-state index contributed by atoms with van der Waals surface area (Å²) in [4.78, 5) is 26.0. The van der Waals surface area contributed by atoms with Crippen LogP contribution in [-0.4, -0.2) is 96.3 Å². The summed E-state index contributed by atoms with van der Waals surface area (Å²) in [5, 5.41) is 71.2. The minimum absolute atomic E-state index is 0.0390. The third-order valence-corrected chi connectivity index (χ3v) is 12.5. The predicted octanol–water partition coefficient (Wildman–Crippen LogP) is 0.528. The lowest BCUT2D eigenvalue weighted by Gasteiger charge is -2.68. The van der Waals surface area contributed by atoms with Crippen molar-refractivity contribution < 1.29 is 49.7 Å². The molecule has 6 N–H and O–H groups in total. The number of rotatable bonds is 3. The number of Topliss-reactive ketones (excluding diaryl/α,β-unsaturated/α-hetero) is 1. The summed E-state index contributed by atoms with van der Waals surface area (Å²) in [5.74, 6) is -2.29. The molecule has 0 bridgehead atoms. The number of carbonyl (C=O) groups is 2. The number of ketones is 1. The maximum atomic E-state index is 13.5. The number of carbonyl (C=O) groups excluding carboxylic acids is 2. The molecule has 4 aliphatic carbocycles. The first kappa shape index (κ1) is 29.1. The van der Waals surface area contributed by atoms with E-state index in [1.165, 1.54) is 14.0 Å². The highest BCUT2D eigenvalue weighted by Crippen LogP contribution is 2.72. The van der Waals surface area contributed by atoms with E-state index in [4.69, 9.17) is 9.47 Å². The van der Waals surface area contributed by atoms with E-state index in [1.54, 1.807) is 27.7 Å². The average molecular weight is 553 g/mol. The third-order valence-electron chi connectivity index (χ3n) is 12.5. The SMILES string of the molecule is COC1CC(O)(C(C)(O)C2CC(C)=C(C)C(=O)O2)C2(C)CCC3C(CC(O)C4(O)C(O)CCC(=O)C34C)C12O. The van der Waals surface area contributed by atoms with Gasteiger partial charge in [-0.15, -0.1) is 0 Å². The van der Waals surface area contributed by atoms with Crippen molar-refractivity contribution in [3.05, 3.63) is 11.1 Å². The summed E-state index contributed by atoms with van der Waals surface area (Å²) in [7, 11) is 1.40. The van der Waals surface area contributed by atoms with E-state index < -0.39 is 75.5 Å². The average Bonchev–Trinajstić information content (AvgIpc) is 3.07. The monoisotopic (exact) mass is 552 g/mol. The Kier molecular flexibility index (Phi) is 6.39. The molecule has 220 valence electrons. The van der Waals surface area contributed by atoms with Crippen molar-refractivity contribution in [2.75, 3.05) is 7.11 Å². The smallest absolute Gasteiger partial charge is 0.334 e. The molecule has 0 aromatic carbocycles. The Hall–Kier alpha value is -1.40. The molecule has 12 unspecified atom stereocenters. The van der Waals surface area contributed by atoms with Gasteiger partial charge in [0.15, 0.2) is 0 Å². The minimum Gasteiger partial charge on any atom is -0.455 e. The molecule has 0 aromatic heterocycles. The van der Waals surface area contributed by atoms with Crippen LogP contribution in [0.2, 0.25) is 0 Å². The van der Waals surface area contributed by atoms with E-state index >= 15 is 0 Å². The van der Waals surface area contributed by atoms with Gasteiger partial charge in [-0.25, -0.2) is 4.79 Å². The number of hydrogen-bond acceptors (Lipinski definition) is 10. The minimum atomic E-state index is -2.07. The molecule has 4 saturated carbocycles. The van der Waals surface area contributed by atoms with Crippen molar-refractivity contribution in [1.82, 2.24) is 0 Å². The number of ether oxygens (including phenoxy) is 2. The lowest BCUT2D eigenvalue weighted by Crippen LogP contribution is -2.79. The van der Waals surface area contributed by atoms with Gasteiger partial charge < -0.3 is 40.1 Å². The van der Waals surface area contributed by atoms with E-state index in [2.05, 4.69) is 0 Å². The van der Waals surface area contributed by atoms with E-state index in [0.717, 1.165) is 5.57 Å². The molecular formula is C29H44O10. The van der Waals surface area contributed by atoms with Gasteiger partial charge in [0, 0.05) is 37.4 Å². The van der Waals surface area contributed by atoms with Crippen molar-refractivity contribution >= 4 is 11.8 Å². The van der Waals surface area contributed by atoms with Crippen LogP contribution >= 0.6 is 0 Å². The fourth-order valence-electron chi connectivity index (χ4n) is 9.66. The molecule has 0 spiro atoms. The molecule has 0 amide bonds. The zero-order valence-corrected chi connectivity index (χ0v) is 23.7. The first-order valence-corrected chi connectivity index (χ1v) is 14.1. The molecule has 0 radical (unpaired) electrons. The van der Waals surface area contributed by atoms with Crippen molar-refractivity contribution in [3.63, 3.8) is 0 Å². The van der Waals surface area contributed by atoms with Crippen LogP contribution in [-0.2, 0) is 19.1 Å². The maximum absolute atomic E-state index is 13.5. The fourth-order valence-corrected chi connectivity index (χ4v) is 9.66. The number of methoxy groups -OCH3 is 1. The molecule has 5 rings (SSSR count). The molecule has 39 heavy (non-hydrogen) atoms. The van der Waals surface area contributed by atoms with Gasteiger partial charge in [-0.2, -0.15) is 0 Å². The quantitative estimate of drug-likeness (QED) is 0.271. The Balaban J connectivity index is 1.62. The third kappa shape index (κ3) is 3.12. The summed E-state index contributed by atoms with van der Waals surface area (Å²) in [6.07, 6.45) is -4.51. The first-order valence-electron chi connectivity index (χ1n) is 14.1. The van der Waals surface area contributed by atoms with Crippen molar-refractivity contribution in [1.29, 1.82) is 0 Å². The van der Waals surface area contributed by atoms with Crippen LogP contribution in [0.1, 0.15) is 79.6 Å². The lowest BCUT2D eigenvalue weighted by molar-refractivity contribution is -0.321. The molecule has 1 aliphatic heterocycles. The summed E-state index contributed by atoms with van der Waals surface area (Å²) < 4.78 is 11.4. The van der Waals surface area contributed by atoms with Crippen LogP contribution in [0.5, 0.6) is 0 Å². The summed E-state index contributed by atoms with van der Waals surface area (Å²) in [5.41, 5.74) is -9.66. The Morgan fingerprint density at radius 1 is 1.00 bits per heavy atom. The molecule has 10 heteroatoms. The lowest BCUT2D eigenvalue weighted by atomic mass is 9.40. The zero-order valence-electron chi connectivity index (χ0n) is 23.7. The van der Waals surface area contributed by atoms with Gasteiger partial charge in [0.1, 0.15) is 34.3 Å². The topological polar surface area (TPSA) is 174 Å². The maximum Gasteiger partial charge on any atom is 0.334 e. The van der Waals surface area contributed by atoms with Gasteiger partial charge in [-0.3, -0.25) is 4.79 Å². The van der Waals surface area contributed by atoms with E-state index in [-0.39, 0.29) is 50.7 Å². The van der Waals surface area contributed by atoms with Gasteiger partial charge >= 0.3 is 5.97 Å². The van der Waals surface area contributed by atoms with Gasteiger partial charge in [-0.1, -0.05) is 12.5 Å². The largest absolute Gasteiger partial charge is 0.455 e. The number of cyclic esters (lactones) is 1. The van der Waals surface area contributed by atoms with Crippen LogP contribution in [0, 0.1) is 22.7 Å². The first-order chi connectivity index (χ1) is 17.9. The molecule has 5 aliphatic rings. The second-order valence-corrected chi connectivity index (χ2v) is 13.6. The Labute approximate surface area is 229 Å². The number of fused-ring (bicyclic) bond motifs is 5. The predicted molar refractivity (Wildman–Crippen MR) is 137 cm³/mol. The summed E-state index contributed by atoms with van der Waals surface area (Å²) in [6, 6.07) is 0. The van der Waals surface area contributed by atoms with Crippen molar-refractivity contribution in [2.45, 2.75) is 126 Å². The highest BCUT2D eigenvalue weighted by molar-refractivity contribution is 5.89. The molecule has 12 atom stereocenters. The number of aliphatic hydroxyl groups excluding tert-OH is 2. The van der Waals surface area contributed by atoms with Crippen LogP contribution in [0.15, 0.2) is 11.1 Å². The normalized spacial score (nSPS) is 53.4. The Morgan fingerprint density at radius 3 is 2.23 bits per heavy atom. The van der Waals surface area contributed by atoms with Crippen LogP contribution in [0.4, 0.5) is 0 Å². The Bertz CT molecular complexity index is 1120. The van der Waals surface area contributed by atoms with Crippen molar-refractivity contribution in [2.24, 2.45) is 22.7 Å². The molecule has 10 nitrogen and oxygen atoms in total. The van der Waals surface area contributed by atoms with Gasteiger partial charge in [-0.05, 0) is 65.2 Å². The van der Waals surface area contributed by atoms with Crippen LogP contribution in [0.3, 0.4) is 0 Å². The zero-order chi connectivity index (χ0) is 29.1. The highest BCUT2D eigenvalue weighted by Gasteiger charge is 2.82. The summed E-state index contributed by atoms with van der Waals surface area (Å²) >= 11 is 0. The molecule has 0 saturated heterocycles. The van der Waals surface area contributed by atoms with Gasteiger partial charge in [0.05, 0.1) is 23.7 Å². The fraction of sp³-hybridized carbons (Fsp3) is 0.862. The second-order valence-electron chi connectivity index (χ2n) is 13.6. The molecule has 4 fully saturated rings.